The van der Waals surface area contributed by atoms with Crippen LogP contribution < -0.4 is 5.46 Å². The fourth-order valence-corrected chi connectivity index (χ4v) is 2.94. The van der Waals surface area contributed by atoms with Crippen molar-refractivity contribution in [2.24, 2.45) is 0 Å². The average Bonchev–Trinajstić information content (AvgIpc) is 2.58. The van der Waals surface area contributed by atoms with Crippen molar-refractivity contribution in [3.05, 3.63) is 29.3 Å². The molecule has 0 bridgehead atoms. The number of hydrogen-bond donors (Lipinski definition) is 1. The van der Waals surface area contributed by atoms with Crippen molar-refractivity contribution in [2.45, 2.75) is 51.5 Å². The van der Waals surface area contributed by atoms with Crippen molar-refractivity contribution in [3.8, 4) is 0 Å². The van der Waals surface area contributed by atoms with Gasteiger partial charge >= 0.3 is 7.12 Å². The maximum atomic E-state index is 10.3. The van der Waals surface area contributed by atoms with Gasteiger partial charge in [-0.15, -0.1) is 0 Å². The minimum absolute atomic E-state index is 0.341. The normalized spacial score (nSPS) is 27.7. The number of fused-ring (bicyclic) bond motifs is 1. The molecule has 3 rings (SSSR count). The van der Waals surface area contributed by atoms with Crippen LogP contribution in [0.3, 0.4) is 0 Å². The summed E-state index contributed by atoms with van der Waals surface area (Å²) < 4.78 is 12.2. The molecule has 1 atom stereocenters. The van der Waals surface area contributed by atoms with Crippen LogP contribution in [0.25, 0.3) is 0 Å². The molecular formula is C16H24BNO3. The van der Waals surface area contributed by atoms with Crippen molar-refractivity contribution >= 4 is 12.6 Å². The van der Waals surface area contributed by atoms with E-state index in [0.717, 1.165) is 17.6 Å². The summed E-state index contributed by atoms with van der Waals surface area (Å²) in [6.45, 7) is 9.74. The van der Waals surface area contributed by atoms with Gasteiger partial charge in [0.05, 0.1) is 17.3 Å². The average molecular weight is 289 g/mol. The minimum Gasteiger partial charge on any atom is -0.399 e. The van der Waals surface area contributed by atoms with E-state index in [1.807, 2.05) is 19.2 Å². The van der Waals surface area contributed by atoms with Crippen molar-refractivity contribution in [2.75, 3.05) is 13.6 Å². The van der Waals surface area contributed by atoms with Crippen LogP contribution in [0, 0.1) is 0 Å². The molecular weight excluding hydrogens is 265 g/mol. The molecule has 1 aromatic rings. The van der Waals surface area contributed by atoms with Crippen LogP contribution in [0.5, 0.6) is 0 Å². The van der Waals surface area contributed by atoms with Gasteiger partial charge in [-0.25, -0.2) is 0 Å². The Morgan fingerprint density at radius 2 is 1.81 bits per heavy atom. The Hall–Kier alpha value is -0.875. The monoisotopic (exact) mass is 289 g/mol. The minimum atomic E-state index is -0.443. The van der Waals surface area contributed by atoms with E-state index in [2.05, 4.69) is 38.7 Å². The van der Waals surface area contributed by atoms with E-state index in [1.54, 1.807) is 0 Å². The third-order valence-electron chi connectivity index (χ3n) is 4.98. The molecule has 0 radical (unpaired) electrons. The van der Waals surface area contributed by atoms with Crippen LogP contribution in [0.15, 0.2) is 18.2 Å². The second kappa shape index (κ2) is 4.81. The van der Waals surface area contributed by atoms with E-state index in [4.69, 9.17) is 9.31 Å². The molecule has 0 aromatic heterocycles. The third-order valence-corrected chi connectivity index (χ3v) is 4.98. The highest BCUT2D eigenvalue weighted by Gasteiger charge is 2.51. The molecule has 0 aliphatic carbocycles. The summed E-state index contributed by atoms with van der Waals surface area (Å²) >= 11 is 0. The molecule has 2 aliphatic rings. The Bertz CT molecular complexity index is 542. The lowest BCUT2D eigenvalue weighted by molar-refractivity contribution is 0.00578. The zero-order chi connectivity index (χ0) is 15.4. The van der Waals surface area contributed by atoms with Gasteiger partial charge in [0.1, 0.15) is 0 Å². The number of β-amino-alcohol motifs (C(OH)–C–C–N with tert-alkyl or cyclic N) is 1. The summed E-state index contributed by atoms with van der Waals surface area (Å²) in [6.07, 6.45) is -0.443. The first-order chi connectivity index (χ1) is 9.69. The van der Waals surface area contributed by atoms with E-state index in [-0.39, 0.29) is 18.3 Å². The predicted molar refractivity (Wildman–Crippen MR) is 83.5 cm³/mol. The van der Waals surface area contributed by atoms with E-state index in [9.17, 15) is 5.11 Å². The first-order valence-electron chi connectivity index (χ1n) is 7.54. The molecule has 1 aromatic carbocycles. The lowest BCUT2D eigenvalue weighted by atomic mass is 9.76. The highest BCUT2D eigenvalue weighted by atomic mass is 16.7. The number of rotatable bonds is 1. The van der Waals surface area contributed by atoms with E-state index in [1.165, 1.54) is 5.56 Å². The standard InChI is InChI=1S/C16H24BNO3/c1-15(2)16(3,4)21-17(20-15)12-7-6-11-9-18(5)10-14(19)13(11)8-12/h6-8,14,19H,9-10H2,1-5H3. The molecule has 114 valence electrons. The largest absolute Gasteiger partial charge is 0.494 e. The highest BCUT2D eigenvalue weighted by Crippen LogP contribution is 2.36. The molecule has 1 unspecified atom stereocenters. The van der Waals surface area contributed by atoms with Crippen molar-refractivity contribution in [3.63, 3.8) is 0 Å². The smallest absolute Gasteiger partial charge is 0.399 e. The summed E-state index contributed by atoms with van der Waals surface area (Å²) in [5.41, 5.74) is 2.48. The van der Waals surface area contributed by atoms with Crippen molar-refractivity contribution in [1.29, 1.82) is 0 Å². The van der Waals surface area contributed by atoms with Gasteiger partial charge in [0.25, 0.3) is 0 Å². The second-order valence-electron chi connectivity index (χ2n) is 7.26. The summed E-state index contributed by atoms with van der Waals surface area (Å²) in [7, 11) is 1.65. The maximum Gasteiger partial charge on any atom is 0.494 e. The van der Waals surface area contributed by atoms with E-state index >= 15 is 0 Å². The van der Waals surface area contributed by atoms with Gasteiger partial charge in [0.2, 0.25) is 0 Å². The first-order valence-corrected chi connectivity index (χ1v) is 7.54. The van der Waals surface area contributed by atoms with Gasteiger partial charge in [0.15, 0.2) is 0 Å². The first kappa shape index (κ1) is 15.0. The van der Waals surface area contributed by atoms with Crippen molar-refractivity contribution < 1.29 is 14.4 Å². The number of nitrogens with zero attached hydrogens (tertiary/aromatic N) is 1. The van der Waals surface area contributed by atoms with Crippen LogP contribution >= 0.6 is 0 Å². The predicted octanol–water partition coefficient (Wildman–Crippen LogP) is 1.46. The summed E-state index contributed by atoms with van der Waals surface area (Å²) in [5.74, 6) is 0. The number of hydrogen-bond acceptors (Lipinski definition) is 4. The van der Waals surface area contributed by atoms with E-state index < -0.39 is 6.10 Å². The molecule has 1 fully saturated rings. The Balaban J connectivity index is 1.90. The summed E-state index contributed by atoms with van der Waals surface area (Å²) in [6, 6.07) is 6.16. The fraction of sp³-hybridized carbons (Fsp3) is 0.625. The number of benzene rings is 1. The Morgan fingerprint density at radius 1 is 1.19 bits per heavy atom. The second-order valence-corrected chi connectivity index (χ2v) is 7.26. The number of aliphatic hydroxyl groups excluding tert-OH is 1. The molecule has 1 N–H and O–H groups in total. The van der Waals surface area contributed by atoms with Gasteiger partial charge in [0, 0.05) is 13.1 Å². The van der Waals surface area contributed by atoms with Crippen LogP contribution in [0.1, 0.15) is 44.9 Å². The van der Waals surface area contributed by atoms with Gasteiger partial charge in [-0.2, -0.15) is 0 Å². The number of likely N-dealkylation sites (N-methyl/N-ethyl adjacent to an activating group) is 1. The van der Waals surface area contributed by atoms with Crippen LogP contribution in [-0.4, -0.2) is 41.9 Å². The van der Waals surface area contributed by atoms with Gasteiger partial charge < -0.3 is 14.4 Å². The van der Waals surface area contributed by atoms with Gasteiger partial charge in [-0.3, -0.25) is 4.90 Å². The van der Waals surface area contributed by atoms with Crippen LogP contribution in [0.4, 0.5) is 0 Å². The molecule has 1 saturated heterocycles. The molecule has 5 heteroatoms. The molecule has 0 spiro atoms. The number of aliphatic hydroxyl groups is 1. The Morgan fingerprint density at radius 3 is 2.43 bits per heavy atom. The molecule has 21 heavy (non-hydrogen) atoms. The molecule has 4 nitrogen and oxygen atoms in total. The molecule has 2 heterocycles. The summed E-state index contributed by atoms with van der Waals surface area (Å²) in [4.78, 5) is 2.13. The highest BCUT2D eigenvalue weighted by molar-refractivity contribution is 6.62. The maximum absolute atomic E-state index is 10.3. The zero-order valence-electron chi connectivity index (χ0n) is 13.5. The molecule has 2 aliphatic heterocycles. The molecule has 0 saturated carbocycles. The fourth-order valence-electron chi connectivity index (χ4n) is 2.94. The van der Waals surface area contributed by atoms with E-state index in [0.29, 0.717) is 6.54 Å². The lowest BCUT2D eigenvalue weighted by Crippen LogP contribution is -2.41. The SMILES string of the molecule is CN1Cc2ccc(B3OC(C)(C)C(C)(C)O3)cc2C(O)C1. The van der Waals surface area contributed by atoms with Gasteiger partial charge in [-0.05, 0) is 51.3 Å². The van der Waals surface area contributed by atoms with Gasteiger partial charge in [-0.1, -0.05) is 18.2 Å². The summed E-state index contributed by atoms with van der Waals surface area (Å²) in [5, 5.41) is 10.3. The zero-order valence-corrected chi connectivity index (χ0v) is 13.5. The molecule has 0 amide bonds. The van der Waals surface area contributed by atoms with Crippen LogP contribution in [-0.2, 0) is 15.9 Å². The lowest BCUT2D eigenvalue weighted by Gasteiger charge is -2.32. The Labute approximate surface area is 127 Å². The van der Waals surface area contributed by atoms with Crippen LogP contribution in [0.2, 0.25) is 0 Å². The Kier molecular flexibility index (Phi) is 3.45. The quantitative estimate of drug-likeness (QED) is 0.795. The topological polar surface area (TPSA) is 41.9 Å². The third kappa shape index (κ3) is 2.53. The van der Waals surface area contributed by atoms with Crippen molar-refractivity contribution in [1.82, 2.24) is 4.90 Å².